The van der Waals surface area contributed by atoms with Crippen LogP contribution in [0.1, 0.15) is 18.9 Å². The van der Waals surface area contributed by atoms with Crippen molar-refractivity contribution in [1.82, 2.24) is 0 Å². The number of aromatic hydroxyl groups is 1. The van der Waals surface area contributed by atoms with Crippen LogP contribution in [0.2, 0.25) is 0 Å². The second kappa shape index (κ2) is 6.37. The maximum Gasteiger partial charge on any atom is 0.146 e. The molecule has 0 heterocycles. The fraction of sp³-hybridized carbons (Fsp3) is 0.250. The number of hydrogen-bond donors (Lipinski definition) is 2. The molecular weight excluding hydrogens is 260 g/mol. The van der Waals surface area contributed by atoms with Crippen LogP contribution in [0.5, 0.6) is 5.75 Å². The molecule has 0 aromatic heterocycles. The molecule has 2 N–H and O–H groups in total. The number of phenols is 1. The minimum atomic E-state index is -0.459. The van der Waals surface area contributed by atoms with E-state index >= 15 is 0 Å². The number of benzene rings is 2. The van der Waals surface area contributed by atoms with Gasteiger partial charge in [0.05, 0.1) is 5.69 Å². The minimum Gasteiger partial charge on any atom is -0.508 e. The largest absolute Gasteiger partial charge is 0.508 e. The molecule has 0 radical (unpaired) electrons. The monoisotopic (exact) mass is 277 g/mol. The smallest absolute Gasteiger partial charge is 0.146 e. The number of aryl methyl sites for hydroxylation is 1. The lowest BCUT2D eigenvalue weighted by atomic mass is 10.1. The zero-order valence-electron chi connectivity index (χ0n) is 11.2. The second-order valence-corrected chi connectivity index (χ2v) is 4.87. The lowest BCUT2D eigenvalue weighted by Gasteiger charge is -2.16. The van der Waals surface area contributed by atoms with E-state index in [1.54, 1.807) is 12.1 Å². The molecule has 0 saturated heterocycles. The zero-order valence-corrected chi connectivity index (χ0v) is 11.2. The first-order valence-corrected chi connectivity index (χ1v) is 6.54. The average molecular weight is 277 g/mol. The SMILES string of the molecule is CC(CCc1ccc(O)cc1)Nc1cc(F)ccc1F. The van der Waals surface area contributed by atoms with Crippen molar-refractivity contribution in [2.75, 3.05) is 5.32 Å². The molecule has 2 aromatic rings. The van der Waals surface area contributed by atoms with Gasteiger partial charge in [0.15, 0.2) is 0 Å². The van der Waals surface area contributed by atoms with Crippen LogP contribution in [0.25, 0.3) is 0 Å². The fourth-order valence-electron chi connectivity index (χ4n) is 1.99. The van der Waals surface area contributed by atoms with Gasteiger partial charge in [-0.25, -0.2) is 8.78 Å². The Balaban J connectivity index is 1.90. The van der Waals surface area contributed by atoms with E-state index in [0.29, 0.717) is 0 Å². The zero-order chi connectivity index (χ0) is 14.5. The van der Waals surface area contributed by atoms with Crippen molar-refractivity contribution < 1.29 is 13.9 Å². The summed E-state index contributed by atoms with van der Waals surface area (Å²) in [6.07, 6.45) is 1.58. The summed E-state index contributed by atoms with van der Waals surface area (Å²) in [4.78, 5) is 0. The Bertz CT molecular complexity index is 569. The summed E-state index contributed by atoms with van der Waals surface area (Å²) in [5.41, 5.74) is 1.28. The summed E-state index contributed by atoms with van der Waals surface area (Å²) in [6.45, 7) is 1.92. The predicted molar refractivity (Wildman–Crippen MR) is 75.9 cm³/mol. The summed E-state index contributed by atoms with van der Waals surface area (Å²) >= 11 is 0. The number of rotatable bonds is 5. The van der Waals surface area contributed by atoms with Gasteiger partial charge in [0.2, 0.25) is 0 Å². The molecular formula is C16H17F2NO. The number of halogens is 2. The molecule has 0 aliphatic rings. The van der Waals surface area contributed by atoms with Crippen LogP contribution in [0.3, 0.4) is 0 Å². The maximum atomic E-state index is 13.5. The fourth-order valence-corrected chi connectivity index (χ4v) is 1.99. The van der Waals surface area contributed by atoms with Crippen LogP contribution in [-0.4, -0.2) is 11.1 Å². The number of anilines is 1. The van der Waals surface area contributed by atoms with E-state index in [1.165, 1.54) is 0 Å². The van der Waals surface area contributed by atoms with Gasteiger partial charge in [0.1, 0.15) is 17.4 Å². The number of phenolic OH excluding ortho intramolecular Hbond substituents is 1. The van der Waals surface area contributed by atoms with E-state index in [9.17, 15) is 13.9 Å². The Morgan fingerprint density at radius 3 is 2.50 bits per heavy atom. The number of hydrogen-bond acceptors (Lipinski definition) is 2. The Morgan fingerprint density at radius 1 is 1.10 bits per heavy atom. The van der Waals surface area contributed by atoms with Crippen LogP contribution in [0.4, 0.5) is 14.5 Å². The number of nitrogens with one attached hydrogen (secondary N) is 1. The lowest BCUT2D eigenvalue weighted by molar-refractivity contribution is 0.475. The van der Waals surface area contributed by atoms with E-state index in [2.05, 4.69) is 5.32 Å². The van der Waals surface area contributed by atoms with Gasteiger partial charge in [-0.3, -0.25) is 0 Å². The van der Waals surface area contributed by atoms with Gasteiger partial charge in [-0.05, 0) is 55.7 Å². The molecule has 2 rings (SSSR count). The highest BCUT2D eigenvalue weighted by molar-refractivity contribution is 5.45. The molecule has 2 aromatic carbocycles. The summed E-state index contributed by atoms with van der Waals surface area (Å²) in [7, 11) is 0. The van der Waals surface area contributed by atoms with Crippen LogP contribution in [0.15, 0.2) is 42.5 Å². The summed E-state index contributed by atoms with van der Waals surface area (Å²) in [5.74, 6) is -0.677. The molecule has 0 saturated carbocycles. The van der Waals surface area contributed by atoms with E-state index < -0.39 is 11.6 Å². The van der Waals surface area contributed by atoms with Crippen LogP contribution in [-0.2, 0) is 6.42 Å². The Morgan fingerprint density at radius 2 is 1.80 bits per heavy atom. The summed E-state index contributed by atoms with van der Waals surface area (Å²) in [5, 5.41) is 12.2. The Labute approximate surface area is 117 Å². The summed E-state index contributed by atoms with van der Waals surface area (Å²) in [6, 6.07) is 10.4. The molecule has 2 nitrogen and oxygen atoms in total. The third-order valence-corrected chi connectivity index (χ3v) is 3.13. The van der Waals surface area contributed by atoms with Crippen molar-refractivity contribution in [2.45, 2.75) is 25.8 Å². The average Bonchev–Trinajstić information content (AvgIpc) is 2.42. The van der Waals surface area contributed by atoms with Gasteiger partial charge < -0.3 is 10.4 Å². The molecule has 20 heavy (non-hydrogen) atoms. The predicted octanol–water partition coefficient (Wildman–Crippen LogP) is 4.10. The molecule has 4 heteroatoms. The van der Waals surface area contributed by atoms with E-state index in [1.807, 2.05) is 19.1 Å². The molecule has 106 valence electrons. The van der Waals surface area contributed by atoms with E-state index in [4.69, 9.17) is 0 Å². The quantitative estimate of drug-likeness (QED) is 0.862. The molecule has 0 aliphatic heterocycles. The lowest BCUT2D eigenvalue weighted by Crippen LogP contribution is -2.17. The highest BCUT2D eigenvalue weighted by Crippen LogP contribution is 2.18. The van der Waals surface area contributed by atoms with Gasteiger partial charge >= 0.3 is 0 Å². The van der Waals surface area contributed by atoms with Crippen molar-refractivity contribution in [1.29, 1.82) is 0 Å². The van der Waals surface area contributed by atoms with Crippen LogP contribution < -0.4 is 5.32 Å². The molecule has 0 spiro atoms. The first-order chi connectivity index (χ1) is 9.54. The van der Waals surface area contributed by atoms with Gasteiger partial charge in [0, 0.05) is 6.04 Å². The van der Waals surface area contributed by atoms with Crippen LogP contribution in [0, 0.1) is 11.6 Å². The van der Waals surface area contributed by atoms with Gasteiger partial charge in [-0.2, -0.15) is 0 Å². The van der Waals surface area contributed by atoms with Gasteiger partial charge in [-0.1, -0.05) is 12.1 Å². The molecule has 0 amide bonds. The third-order valence-electron chi connectivity index (χ3n) is 3.13. The highest BCUT2D eigenvalue weighted by Gasteiger charge is 2.08. The molecule has 0 bridgehead atoms. The second-order valence-electron chi connectivity index (χ2n) is 4.87. The van der Waals surface area contributed by atoms with Crippen molar-refractivity contribution in [2.24, 2.45) is 0 Å². The standard InChI is InChI=1S/C16H17F2NO/c1-11(2-3-12-4-7-14(20)8-5-12)19-16-10-13(17)6-9-15(16)18/h4-11,19-20H,2-3H2,1H3. The van der Waals surface area contributed by atoms with Crippen LogP contribution >= 0.6 is 0 Å². The normalized spacial score (nSPS) is 12.2. The molecule has 1 atom stereocenters. The van der Waals surface area contributed by atoms with Crippen molar-refractivity contribution in [3.05, 3.63) is 59.7 Å². The van der Waals surface area contributed by atoms with Crippen molar-refractivity contribution in [3.8, 4) is 5.75 Å². The van der Waals surface area contributed by atoms with Crippen molar-refractivity contribution in [3.63, 3.8) is 0 Å². The van der Waals surface area contributed by atoms with Gasteiger partial charge in [-0.15, -0.1) is 0 Å². The first kappa shape index (κ1) is 14.3. The molecule has 0 fully saturated rings. The Hall–Kier alpha value is -2.10. The summed E-state index contributed by atoms with van der Waals surface area (Å²) < 4.78 is 26.5. The van der Waals surface area contributed by atoms with E-state index in [-0.39, 0.29) is 17.5 Å². The maximum absolute atomic E-state index is 13.5. The van der Waals surface area contributed by atoms with E-state index in [0.717, 1.165) is 36.6 Å². The first-order valence-electron chi connectivity index (χ1n) is 6.54. The van der Waals surface area contributed by atoms with Crippen molar-refractivity contribution >= 4 is 5.69 Å². The van der Waals surface area contributed by atoms with Gasteiger partial charge in [0.25, 0.3) is 0 Å². The minimum absolute atomic E-state index is 0.0140. The highest BCUT2D eigenvalue weighted by atomic mass is 19.1. The Kier molecular flexibility index (Phi) is 4.56. The third kappa shape index (κ3) is 3.95. The molecule has 1 unspecified atom stereocenters. The molecule has 0 aliphatic carbocycles. The topological polar surface area (TPSA) is 32.3 Å².